The van der Waals surface area contributed by atoms with Gasteiger partial charge in [0.15, 0.2) is 0 Å². The molecule has 0 radical (unpaired) electrons. The number of aromatic nitrogens is 1. The van der Waals surface area contributed by atoms with E-state index in [1.165, 1.54) is 12.1 Å². The van der Waals surface area contributed by atoms with Gasteiger partial charge in [0, 0.05) is 6.20 Å². The Hall–Kier alpha value is -2.23. The van der Waals surface area contributed by atoms with E-state index in [1.807, 2.05) is 13.0 Å². The molecule has 1 aromatic carbocycles. The fourth-order valence-electron chi connectivity index (χ4n) is 1.66. The summed E-state index contributed by atoms with van der Waals surface area (Å²) in [4.78, 5) is 15.7. The van der Waals surface area contributed by atoms with Gasteiger partial charge in [0.2, 0.25) is 5.91 Å². The lowest BCUT2D eigenvalue weighted by atomic mass is 10.1. The van der Waals surface area contributed by atoms with Gasteiger partial charge in [0.1, 0.15) is 5.82 Å². The first kappa shape index (κ1) is 12.2. The normalized spacial score (nSPS) is 10.1. The largest absolute Gasteiger partial charge is 0.324 e. The van der Waals surface area contributed by atoms with E-state index >= 15 is 0 Å². The van der Waals surface area contributed by atoms with Crippen molar-refractivity contribution in [2.45, 2.75) is 13.3 Å². The van der Waals surface area contributed by atoms with Crippen molar-refractivity contribution in [3.63, 3.8) is 0 Å². The Balaban J connectivity index is 2.01. The fraction of sp³-hybridized carbons (Fsp3) is 0.143. The number of anilines is 1. The van der Waals surface area contributed by atoms with Crippen molar-refractivity contribution in [1.82, 2.24) is 4.98 Å². The number of nitrogens with one attached hydrogen (secondary N) is 1. The van der Waals surface area contributed by atoms with Crippen LogP contribution in [0.3, 0.4) is 0 Å². The Morgan fingerprint density at radius 3 is 2.89 bits per heavy atom. The van der Waals surface area contributed by atoms with Crippen LogP contribution < -0.4 is 5.32 Å². The van der Waals surface area contributed by atoms with Crippen LogP contribution in [0.5, 0.6) is 0 Å². The zero-order valence-electron chi connectivity index (χ0n) is 9.98. The minimum atomic E-state index is -0.336. The molecule has 2 rings (SSSR count). The SMILES string of the molecule is Cc1cncc(NC(=O)Cc2cccc(F)c2)c1. The molecule has 0 unspecified atom stereocenters. The van der Waals surface area contributed by atoms with E-state index in [0.29, 0.717) is 11.3 Å². The average Bonchev–Trinajstić information content (AvgIpc) is 2.28. The predicted octanol–water partition coefficient (Wildman–Crippen LogP) is 2.71. The van der Waals surface area contributed by atoms with Crippen LogP contribution in [-0.2, 0) is 11.2 Å². The number of benzene rings is 1. The van der Waals surface area contributed by atoms with Crippen LogP contribution in [-0.4, -0.2) is 10.9 Å². The second-order valence-corrected chi connectivity index (χ2v) is 4.11. The number of amides is 1. The zero-order valence-corrected chi connectivity index (χ0v) is 9.98. The molecule has 0 bridgehead atoms. The number of carbonyl (C=O) groups is 1. The summed E-state index contributed by atoms with van der Waals surface area (Å²) in [5, 5.41) is 2.73. The van der Waals surface area contributed by atoms with E-state index in [2.05, 4.69) is 10.3 Å². The monoisotopic (exact) mass is 244 g/mol. The Bertz CT molecular complexity index is 520. The molecule has 0 atom stereocenters. The highest BCUT2D eigenvalue weighted by atomic mass is 19.1. The Morgan fingerprint density at radius 2 is 2.17 bits per heavy atom. The number of hydrogen-bond acceptors (Lipinski definition) is 2. The molecule has 1 N–H and O–H groups in total. The molecule has 92 valence electrons. The average molecular weight is 244 g/mol. The summed E-state index contributed by atoms with van der Waals surface area (Å²) >= 11 is 0. The summed E-state index contributed by atoms with van der Waals surface area (Å²) in [6, 6.07) is 7.85. The van der Waals surface area contributed by atoms with Crippen LogP contribution in [0.15, 0.2) is 42.7 Å². The molecule has 2 aromatic rings. The summed E-state index contributed by atoms with van der Waals surface area (Å²) in [6.45, 7) is 1.90. The third-order valence-corrected chi connectivity index (χ3v) is 2.41. The number of pyridine rings is 1. The molecule has 1 heterocycles. The summed E-state index contributed by atoms with van der Waals surface area (Å²) < 4.78 is 13.0. The van der Waals surface area contributed by atoms with Gasteiger partial charge >= 0.3 is 0 Å². The number of carbonyl (C=O) groups excluding carboxylic acids is 1. The molecule has 4 heteroatoms. The van der Waals surface area contributed by atoms with Crippen LogP contribution in [0.25, 0.3) is 0 Å². The minimum Gasteiger partial charge on any atom is -0.324 e. The summed E-state index contributed by atoms with van der Waals surface area (Å²) in [6.07, 6.45) is 3.43. The van der Waals surface area contributed by atoms with Gasteiger partial charge in [-0.1, -0.05) is 12.1 Å². The van der Waals surface area contributed by atoms with Crippen LogP contribution in [0.2, 0.25) is 0 Å². The standard InChI is InChI=1S/C14H13FN2O/c1-10-5-13(9-16-8-10)17-14(18)7-11-3-2-4-12(15)6-11/h2-6,8-9H,7H2,1H3,(H,17,18). The van der Waals surface area contributed by atoms with Crippen molar-refractivity contribution in [2.75, 3.05) is 5.32 Å². The zero-order chi connectivity index (χ0) is 13.0. The fourth-order valence-corrected chi connectivity index (χ4v) is 1.66. The van der Waals surface area contributed by atoms with Gasteiger partial charge in [-0.05, 0) is 36.2 Å². The van der Waals surface area contributed by atoms with Crippen molar-refractivity contribution < 1.29 is 9.18 Å². The lowest BCUT2D eigenvalue weighted by molar-refractivity contribution is -0.115. The van der Waals surface area contributed by atoms with E-state index in [-0.39, 0.29) is 18.1 Å². The molecule has 0 fully saturated rings. The lowest BCUT2D eigenvalue weighted by Crippen LogP contribution is -2.14. The number of nitrogens with zero attached hydrogens (tertiary/aromatic N) is 1. The van der Waals surface area contributed by atoms with E-state index in [4.69, 9.17) is 0 Å². The van der Waals surface area contributed by atoms with Gasteiger partial charge in [0.25, 0.3) is 0 Å². The number of halogens is 1. The van der Waals surface area contributed by atoms with Crippen LogP contribution >= 0.6 is 0 Å². The summed E-state index contributed by atoms with van der Waals surface area (Å²) in [5.74, 6) is -0.523. The maximum Gasteiger partial charge on any atom is 0.228 e. The van der Waals surface area contributed by atoms with Crippen molar-refractivity contribution in [1.29, 1.82) is 0 Å². The maximum atomic E-state index is 13.0. The molecule has 0 saturated heterocycles. The molecule has 18 heavy (non-hydrogen) atoms. The molecule has 0 aliphatic carbocycles. The highest BCUT2D eigenvalue weighted by Gasteiger charge is 2.05. The summed E-state index contributed by atoms with van der Waals surface area (Å²) in [5.41, 5.74) is 2.27. The van der Waals surface area contributed by atoms with Crippen LogP contribution in [0, 0.1) is 12.7 Å². The number of aryl methyl sites for hydroxylation is 1. The topological polar surface area (TPSA) is 42.0 Å². The van der Waals surface area contributed by atoms with Crippen molar-refractivity contribution >= 4 is 11.6 Å². The molecule has 0 saturated carbocycles. The first-order valence-electron chi connectivity index (χ1n) is 5.59. The van der Waals surface area contributed by atoms with E-state index in [1.54, 1.807) is 24.5 Å². The van der Waals surface area contributed by atoms with Crippen molar-refractivity contribution in [3.8, 4) is 0 Å². The molecular weight excluding hydrogens is 231 g/mol. The third kappa shape index (κ3) is 3.38. The van der Waals surface area contributed by atoms with Crippen molar-refractivity contribution in [3.05, 3.63) is 59.7 Å². The molecule has 1 amide bonds. The first-order valence-corrected chi connectivity index (χ1v) is 5.59. The van der Waals surface area contributed by atoms with Gasteiger partial charge in [-0.25, -0.2) is 4.39 Å². The highest BCUT2D eigenvalue weighted by Crippen LogP contribution is 2.09. The van der Waals surface area contributed by atoms with Crippen molar-refractivity contribution in [2.24, 2.45) is 0 Å². The maximum absolute atomic E-state index is 13.0. The van der Waals surface area contributed by atoms with Crippen LogP contribution in [0.1, 0.15) is 11.1 Å². The van der Waals surface area contributed by atoms with Gasteiger partial charge in [0.05, 0.1) is 18.3 Å². The summed E-state index contributed by atoms with van der Waals surface area (Å²) in [7, 11) is 0. The van der Waals surface area contributed by atoms with E-state index in [9.17, 15) is 9.18 Å². The Kier molecular flexibility index (Phi) is 3.67. The number of rotatable bonds is 3. The Morgan fingerprint density at radius 1 is 1.33 bits per heavy atom. The molecule has 1 aromatic heterocycles. The second kappa shape index (κ2) is 5.40. The predicted molar refractivity (Wildman–Crippen MR) is 67.7 cm³/mol. The molecular formula is C14H13FN2O. The van der Waals surface area contributed by atoms with Gasteiger partial charge < -0.3 is 5.32 Å². The molecule has 0 aliphatic rings. The molecule has 3 nitrogen and oxygen atoms in total. The van der Waals surface area contributed by atoms with E-state index in [0.717, 1.165) is 5.56 Å². The lowest BCUT2D eigenvalue weighted by Gasteiger charge is -2.05. The quantitative estimate of drug-likeness (QED) is 0.902. The molecule has 0 aliphatic heterocycles. The van der Waals surface area contributed by atoms with Gasteiger partial charge in [-0.2, -0.15) is 0 Å². The van der Waals surface area contributed by atoms with E-state index < -0.39 is 0 Å². The minimum absolute atomic E-state index is 0.145. The van der Waals surface area contributed by atoms with Crippen LogP contribution in [0.4, 0.5) is 10.1 Å². The number of hydrogen-bond donors (Lipinski definition) is 1. The smallest absolute Gasteiger partial charge is 0.228 e. The Labute approximate surface area is 105 Å². The van der Waals surface area contributed by atoms with Gasteiger partial charge in [-0.15, -0.1) is 0 Å². The van der Waals surface area contributed by atoms with Gasteiger partial charge in [-0.3, -0.25) is 9.78 Å². The second-order valence-electron chi connectivity index (χ2n) is 4.11. The highest BCUT2D eigenvalue weighted by molar-refractivity contribution is 5.92. The third-order valence-electron chi connectivity index (χ3n) is 2.41. The first-order chi connectivity index (χ1) is 8.63. The molecule has 0 spiro atoms.